The molecule has 0 spiro atoms. The first-order chi connectivity index (χ1) is 5.80. The summed E-state index contributed by atoms with van der Waals surface area (Å²) in [5.74, 6) is -8.38. The lowest BCUT2D eigenvalue weighted by Crippen LogP contribution is -2.37. The average molecular weight is 196 g/mol. The molecule has 13 heavy (non-hydrogen) atoms. The topological polar surface area (TPSA) is 20.2 Å². The van der Waals surface area contributed by atoms with Gasteiger partial charge in [-0.2, -0.15) is 0 Å². The van der Waals surface area contributed by atoms with E-state index in [1.165, 1.54) is 0 Å². The third-order valence-corrected chi connectivity index (χ3v) is 2.26. The minimum atomic E-state index is -2.32. The molecule has 0 aromatic carbocycles. The zero-order valence-electron chi connectivity index (χ0n) is 7.04. The van der Waals surface area contributed by atoms with E-state index in [1.807, 2.05) is 0 Å². The van der Waals surface area contributed by atoms with Crippen LogP contribution in [-0.4, -0.2) is 10.7 Å². The third-order valence-electron chi connectivity index (χ3n) is 2.26. The summed E-state index contributed by atoms with van der Waals surface area (Å²) in [6, 6.07) is 0. The number of halogens is 4. The molecule has 1 rings (SSSR count). The highest BCUT2D eigenvalue weighted by Crippen LogP contribution is 2.43. The van der Waals surface area contributed by atoms with Gasteiger partial charge in [0, 0.05) is 5.92 Å². The molecule has 0 fully saturated rings. The number of allylic oxidation sites excluding steroid dienone is 2. The van der Waals surface area contributed by atoms with Gasteiger partial charge in [0.15, 0.2) is 17.5 Å². The molecule has 1 nitrogen and oxygen atoms in total. The minimum absolute atomic E-state index is 0.888. The van der Waals surface area contributed by atoms with Crippen LogP contribution in [0.4, 0.5) is 17.6 Å². The highest BCUT2D eigenvalue weighted by atomic mass is 19.2. The van der Waals surface area contributed by atoms with Gasteiger partial charge in [0.1, 0.15) is 11.4 Å². The van der Waals surface area contributed by atoms with Crippen molar-refractivity contribution < 1.29 is 22.7 Å². The lowest BCUT2D eigenvalue weighted by atomic mass is 9.84. The van der Waals surface area contributed by atoms with Crippen molar-refractivity contribution in [2.45, 2.75) is 19.4 Å². The summed E-state index contributed by atoms with van der Waals surface area (Å²) in [6.07, 6.45) is 0. The molecule has 1 N–H and O–H groups in total. The van der Waals surface area contributed by atoms with Crippen LogP contribution in [0.3, 0.4) is 0 Å². The second-order valence-corrected chi connectivity index (χ2v) is 3.16. The highest BCUT2D eigenvalue weighted by Gasteiger charge is 2.45. The summed E-state index contributed by atoms with van der Waals surface area (Å²) in [7, 11) is 0. The molecule has 0 saturated heterocycles. The van der Waals surface area contributed by atoms with Gasteiger partial charge in [-0.15, -0.1) is 0 Å². The predicted molar refractivity (Wildman–Crippen MR) is 38.3 cm³/mol. The van der Waals surface area contributed by atoms with Gasteiger partial charge in [0.25, 0.3) is 0 Å². The molecule has 0 aromatic rings. The fraction of sp³-hybridized carbons (Fsp3) is 0.500. The van der Waals surface area contributed by atoms with Crippen molar-refractivity contribution in [3.8, 4) is 0 Å². The van der Waals surface area contributed by atoms with Gasteiger partial charge in [-0.25, -0.2) is 17.6 Å². The summed E-state index contributed by atoms with van der Waals surface area (Å²) >= 11 is 0. The number of hydrogen-bond acceptors (Lipinski definition) is 1. The van der Waals surface area contributed by atoms with Crippen LogP contribution in [0.15, 0.2) is 23.3 Å². The van der Waals surface area contributed by atoms with E-state index in [0.717, 1.165) is 13.8 Å². The Hall–Kier alpha value is -0.840. The highest BCUT2D eigenvalue weighted by molar-refractivity contribution is 5.36. The van der Waals surface area contributed by atoms with Crippen LogP contribution in [0.2, 0.25) is 0 Å². The number of hydrogen-bond donors (Lipinski definition) is 1. The molecule has 74 valence electrons. The fourth-order valence-corrected chi connectivity index (χ4v) is 1.05. The maximum atomic E-state index is 12.8. The molecule has 1 aliphatic rings. The zero-order chi connectivity index (χ0) is 10.4. The van der Waals surface area contributed by atoms with E-state index in [2.05, 4.69) is 0 Å². The van der Waals surface area contributed by atoms with Crippen molar-refractivity contribution in [2.24, 2.45) is 5.92 Å². The molecule has 0 aliphatic heterocycles. The van der Waals surface area contributed by atoms with Crippen LogP contribution in [-0.2, 0) is 0 Å². The molecule has 2 unspecified atom stereocenters. The van der Waals surface area contributed by atoms with Crippen molar-refractivity contribution in [1.29, 1.82) is 0 Å². The van der Waals surface area contributed by atoms with E-state index < -0.39 is 34.8 Å². The number of aliphatic hydroxyl groups is 1. The summed E-state index contributed by atoms with van der Waals surface area (Å²) < 4.78 is 50.7. The minimum Gasteiger partial charge on any atom is -0.382 e. The van der Waals surface area contributed by atoms with Gasteiger partial charge in [-0.05, 0) is 6.92 Å². The van der Waals surface area contributed by atoms with Crippen molar-refractivity contribution in [1.82, 2.24) is 0 Å². The monoisotopic (exact) mass is 196 g/mol. The Labute approximate surface area is 72.4 Å². The Morgan fingerprint density at radius 3 is 2.08 bits per heavy atom. The van der Waals surface area contributed by atoms with Gasteiger partial charge >= 0.3 is 0 Å². The molecular weight excluding hydrogens is 188 g/mol. The van der Waals surface area contributed by atoms with E-state index in [1.54, 1.807) is 0 Å². The van der Waals surface area contributed by atoms with Crippen LogP contribution in [0, 0.1) is 5.92 Å². The fourth-order valence-electron chi connectivity index (χ4n) is 1.05. The van der Waals surface area contributed by atoms with Gasteiger partial charge in [-0.1, -0.05) is 6.92 Å². The van der Waals surface area contributed by atoms with Crippen molar-refractivity contribution >= 4 is 0 Å². The predicted octanol–water partition coefficient (Wildman–Crippen LogP) is 2.69. The maximum Gasteiger partial charge on any atom is 0.195 e. The Balaban J connectivity index is 3.32. The van der Waals surface area contributed by atoms with E-state index in [0.29, 0.717) is 0 Å². The molecule has 0 amide bonds. The number of rotatable bonds is 0. The Morgan fingerprint density at radius 1 is 1.15 bits per heavy atom. The van der Waals surface area contributed by atoms with Gasteiger partial charge < -0.3 is 5.11 Å². The quantitative estimate of drug-likeness (QED) is 0.590. The van der Waals surface area contributed by atoms with Crippen molar-refractivity contribution in [2.75, 3.05) is 0 Å². The van der Waals surface area contributed by atoms with Gasteiger partial charge in [0.2, 0.25) is 0 Å². The molecule has 0 bridgehead atoms. The molecule has 2 atom stereocenters. The molecule has 0 aromatic heterocycles. The smallest absolute Gasteiger partial charge is 0.195 e. The average Bonchev–Trinajstić information content (AvgIpc) is 2.09. The Kier molecular flexibility index (Phi) is 2.23. The second kappa shape index (κ2) is 2.83. The van der Waals surface area contributed by atoms with Crippen LogP contribution in [0.1, 0.15) is 13.8 Å². The molecule has 0 saturated carbocycles. The standard InChI is InChI=1S/C8H8F4O/c1-3-4(9)5(10)6(11)7(12)8(3,2)13/h3,13H,1-2H3. The summed E-state index contributed by atoms with van der Waals surface area (Å²) in [6.45, 7) is 1.96. The van der Waals surface area contributed by atoms with Crippen molar-refractivity contribution in [3.05, 3.63) is 23.3 Å². The Bertz CT molecular complexity index is 303. The van der Waals surface area contributed by atoms with Crippen LogP contribution < -0.4 is 0 Å². The zero-order valence-corrected chi connectivity index (χ0v) is 7.04. The maximum absolute atomic E-state index is 12.8. The summed E-state index contributed by atoms with van der Waals surface area (Å²) in [5, 5.41) is 9.26. The molecule has 0 radical (unpaired) electrons. The lowest BCUT2D eigenvalue weighted by Gasteiger charge is -2.30. The molecule has 5 heteroatoms. The normalized spacial score (nSPS) is 35.8. The molecular formula is C8H8F4O. The van der Waals surface area contributed by atoms with E-state index >= 15 is 0 Å². The first-order valence-electron chi connectivity index (χ1n) is 3.63. The van der Waals surface area contributed by atoms with E-state index in [9.17, 15) is 22.7 Å². The summed E-state index contributed by atoms with van der Waals surface area (Å²) in [4.78, 5) is 0. The molecule has 0 heterocycles. The first-order valence-corrected chi connectivity index (χ1v) is 3.63. The summed E-state index contributed by atoms with van der Waals surface area (Å²) in [5.41, 5.74) is -2.32. The first kappa shape index (κ1) is 10.2. The Morgan fingerprint density at radius 2 is 1.62 bits per heavy atom. The largest absolute Gasteiger partial charge is 0.382 e. The van der Waals surface area contributed by atoms with Crippen LogP contribution in [0.5, 0.6) is 0 Å². The lowest BCUT2D eigenvalue weighted by molar-refractivity contribution is 0.0171. The second-order valence-electron chi connectivity index (χ2n) is 3.16. The van der Waals surface area contributed by atoms with Crippen molar-refractivity contribution in [3.63, 3.8) is 0 Å². The van der Waals surface area contributed by atoms with E-state index in [4.69, 9.17) is 0 Å². The van der Waals surface area contributed by atoms with Gasteiger partial charge in [-0.3, -0.25) is 0 Å². The third kappa shape index (κ3) is 1.27. The van der Waals surface area contributed by atoms with E-state index in [-0.39, 0.29) is 0 Å². The van der Waals surface area contributed by atoms with Crippen LogP contribution in [0.25, 0.3) is 0 Å². The van der Waals surface area contributed by atoms with Crippen LogP contribution >= 0.6 is 0 Å². The molecule has 1 aliphatic carbocycles. The SMILES string of the molecule is CC1C(F)=C(F)C(F)=C(F)C1(C)O. The van der Waals surface area contributed by atoms with Gasteiger partial charge in [0.05, 0.1) is 0 Å².